The SMILES string of the molecule is CCCCOCCN(C(=O)[C@@H]1CC[C@H](CN)O1)c1ccc(Br)cc1. The zero-order valence-corrected chi connectivity index (χ0v) is 15.8. The molecule has 0 bridgehead atoms. The van der Waals surface area contributed by atoms with Crippen LogP contribution in [-0.4, -0.2) is 44.4 Å². The number of hydrogen-bond acceptors (Lipinski definition) is 4. The van der Waals surface area contributed by atoms with Crippen molar-refractivity contribution in [3.63, 3.8) is 0 Å². The van der Waals surface area contributed by atoms with Crippen molar-refractivity contribution in [3.8, 4) is 0 Å². The molecule has 1 fully saturated rings. The van der Waals surface area contributed by atoms with Gasteiger partial charge in [-0.3, -0.25) is 4.79 Å². The molecule has 1 heterocycles. The molecule has 134 valence electrons. The van der Waals surface area contributed by atoms with Gasteiger partial charge in [0, 0.05) is 29.9 Å². The Labute approximate surface area is 152 Å². The molecule has 2 rings (SSSR count). The van der Waals surface area contributed by atoms with Crippen LogP contribution in [0.4, 0.5) is 5.69 Å². The second kappa shape index (κ2) is 10.1. The molecule has 0 spiro atoms. The quantitative estimate of drug-likeness (QED) is 0.649. The minimum atomic E-state index is -0.405. The van der Waals surface area contributed by atoms with Crippen LogP contribution in [0.15, 0.2) is 28.7 Å². The highest BCUT2D eigenvalue weighted by molar-refractivity contribution is 9.10. The standard InChI is InChI=1S/C18H27BrN2O3/c1-2-3-11-23-12-10-21(15-6-4-14(19)5-7-15)18(22)17-9-8-16(13-20)24-17/h4-7,16-17H,2-3,8-13,20H2,1H3/t16-,17+/m1/s1. The number of nitrogens with zero attached hydrogens (tertiary/aromatic N) is 1. The van der Waals surface area contributed by atoms with E-state index in [1.54, 1.807) is 4.90 Å². The second-order valence-corrected chi connectivity index (χ2v) is 6.91. The third-order valence-corrected chi connectivity index (χ3v) is 4.68. The summed E-state index contributed by atoms with van der Waals surface area (Å²) in [6.07, 6.45) is 3.30. The first-order chi connectivity index (χ1) is 11.7. The van der Waals surface area contributed by atoms with Crippen LogP contribution in [0.3, 0.4) is 0 Å². The van der Waals surface area contributed by atoms with Gasteiger partial charge in [0.05, 0.1) is 12.7 Å². The van der Waals surface area contributed by atoms with Crippen molar-refractivity contribution in [2.24, 2.45) is 5.73 Å². The summed E-state index contributed by atoms with van der Waals surface area (Å²) in [6, 6.07) is 7.74. The van der Waals surface area contributed by atoms with Crippen molar-refractivity contribution < 1.29 is 14.3 Å². The van der Waals surface area contributed by atoms with Crippen LogP contribution >= 0.6 is 15.9 Å². The molecule has 1 saturated heterocycles. The Morgan fingerprint density at radius 1 is 1.33 bits per heavy atom. The van der Waals surface area contributed by atoms with Gasteiger partial charge >= 0.3 is 0 Å². The fourth-order valence-electron chi connectivity index (χ4n) is 2.73. The molecule has 1 aliphatic heterocycles. The number of carbonyl (C=O) groups is 1. The fraction of sp³-hybridized carbons (Fsp3) is 0.611. The summed E-state index contributed by atoms with van der Waals surface area (Å²) in [5.41, 5.74) is 6.51. The zero-order valence-electron chi connectivity index (χ0n) is 14.2. The van der Waals surface area contributed by atoms with Gasteiger partial charge in [-0.2, -0.15) is 0 Å². The van der Waals surface area contributed by atoms with E-state index in [1.165, 1.54) is 0 Å². The maximum atomic E-state index is 12.9. The summed E-state index contributed by atoms with van der Waals surface area (Å²) in [7, 11) is 0. The monoisotopic (exact) mass is 398 g/mol. The molecule has 5 nitrogen and oxygen atoms in total. The summed E-state index contributed by atoms with van der Waals surface area (Å²) in [5, 5.41) is 0. The minimum Gasteiger partial charge on any atom is -0.380 e. The molecule has 1 aromatic rings. The average Bonchev–Trinajstić information content (AvgIpc) is 3.08. The molecular weight excluding hydrogens is 372 g/mol. The van der Waals surface area contributed by atoms with Gasteiger partial charge in [0.25, 0.3) is 5.91 Å². The number of amides is 1. The highest BCUT2D eigenvalue weighted by Crippen LogP contribution is 2.25. The van der Waals surface area contributed by atoms with Crippen molar-refractivity contribution in [2.75, 3.05) is 31.2 Å². The molecule has 24 heavy (non-hydrogen) atoms. The van der Waals surface area contributed by atoms with Crippen LogP contribution in [0.5, 0.6) is 0 Å². The number of halogens is 1. The molecular formula is C18H27BrN2O3. The van der Waals surface area contributed by atoms with E-state index in [1.807, 2.05) is 24.3 Å². The predicted octanol–water partition coefficient (Wildman–Crippen LogP) is 3.11. The van der Waals surface area contributed by atoms with E-state index in [4.69, 9.17) is 15.2 Å². The molecule has 0 aromatic heterocycles. The maximum absolute atomic E-state index is 12.9. The zero-order chi connectivity index (χ0) is 17.4. The number of benzene rings is 1. The van der Waals surface area contributed by atoms with Gasteiger partial charge in [-0.25, -0.2) is 0 Å². The molecule has 0 radical (unpaired) electrons. The Morgan fingerprint density at radius 3 is 2.71 bits per heavy atom. The topological polar surface area (TPSA) is 64.8 Å². The van der Waals surface area contributed by atoms with Crippen LogP contribution < -0.4 is 10.6 Å². The van der Waals surface area contributed by atoms with Gasteiger partial charge < -0.3 is 20.1 Å². The first-order valence-electron chi connectivity index (χ1n) is 8.66. The number of hydrogen-bond donors (Lipinski definition) is 1. The Balaban J connectivity index is 2.01. The molecule has 2 atom stereocenters. The number of unbranched alkanes of at least 4 members (excludes halogenated alkanes) is 1. The predicted molar refractivity (Wildman–Crippen MR) is 99.2 cm³/mol. The molecule has 0 aliphatic carbocycles. The van der Waals surface area contributed by atoms with Crippen LogP contribution in [0.25, 0.3) is 0 Å². The number of nitrogens with two attached hydrogens (primary N) is 1. The molecule has 2 N–H and O–H groups in total. The van der Waals surface area contributed by atoms with Gasteiger partial charge in [-0.15, -0.1) is 0 Å². The van der Waals surface area contributed by atoms with Crippen molar-refractivity contribution in [1.82, 2.24) is 0 Å². The summed E-state index contributed by atoms with van der Waals surface area (Å²) < 4.78 is 12.4. The highest BCUT2D eigenvalue weighted by Gasteiger charge is 2.33. The lowest BCUT2D eigenvalue weighted by atomic mass is 10.1. The van der Waals surface area contributed by atoms with Crippen LogP contribution in [0.2, 0.25) is 0 Å². The molecule has 1 aliphatic rings. The maximum Gasteiger partial charge on any atom is 0.256 e. The van der Waals surface area contributed by atoms with Gasteiger partial charge in [0.1, 0.15) is 6.10 Å². The Hall–Kier alpha value is -0.950. The lowest BCUT2D eigenvalue weighted by Crippen LogP contribution is -2.41. The molecule has 1 aromatic carbocycles. The third kappa shape index (κ3) is 5.55. The van der Waals surface area contributed by atoms with Crippen LogP contribution in [0.1, 0.15) is 32.6 Å². The van der Waals surface area contributed by atoms with Gasteiger partial charge in [-0.05, 0) is 43.5 Å². The van der Waals surface area contributed by atoms with E-state index in [0.717, 1.165) is 42.5 Å². The Morgan fingerprint density at radius 2 is 2.08 bits per heavy atom. The summed E-state index contributed by atoms with van der Waals surface area (Å²) >= 11 is 3.43. The first-order valence-corrected chi connectivity index (χ1v) is 9.45. The highest BCUT2D eigenvalue weighted by atomic mass is 79.9. The second-order valence-electron chi connectivity index (χ2n) is 5.99. The fourth-order valence-corrected chi connectivity index (χ4v) is 2.99. The lowest BCUT2D eigenvalue weighted by Gasteiger charge is -2.26. The largest absolute Gasteiger partial charge is 0.380 e. The van der Waals surface area contributed by atoms with Gasteiger partial charge in [-0.1, -0.05) is 29.3 Å². The minimum absolute atomic E-state index is 0.00707. The lowest BCUT2D eigenvalue weighted by molar-refractivity contribution is -0.129. The average molecular weight is 399 g/mol. The number of ether oxygens (including phenoxy) is 2. The summed E-state index contributed by atoms with van der Waals surface area (Å²) in [6.45, 7) is 4.37. The summed E-state index contributed by atoms with van der Waals surface area (Å²) in [5.74, 6) is -0.00707. The van der Waals surface area contributed by atoms with Crippen molar-refractivity contribution >= 4 is 27.5 Å². The summed E-state index contributed by atoms with van der Waals surface area (Å²) in [4.78, 5) is 14.7. The number of anilines is 1. The van der Waals surface area contributed by atoms with Crippen LogP contribution in [0, 0.1) is 0 Å². The van der Waals surface area contributed by atoms with Crippen LogP contribution in [-0.2, 0) is 14.3 Å². The molecule has 0 saturated carbocycles. The Bertz CT molecular complexity index is 509. The van der Waals surface area contributed by atoms with E-state index in [0.29, 0.717) is 19.7 Å². The van der Waals surface area contributed by atoms with E-state index in [-0.39, 0.29) is 12.0 Å². The third-order valence-electron chi connectivity index (χ3n) is 4.15. The Kier molecular flexibility index (Phi) is 8.18. The normalized spacial score (nSPS) is 20.3. The molecule has 1 amide bonds. The van der Waals surface area contributed by atoms with Crippen molar-refractivity contribution in [3.05, 3.63) is 28.7 Å². The molecule has 0 unspecified atom stereocenters. The van der Waals surface area contributed by atoms with E-state index >= 15 is 0 Å². The van der Waals surface area contributed by atoms with E-state index < -0.39 is 6.10 Å². The number of rotatable bonds is 9. The van der Waals surface area contributed by atoms with Gasteiger partial charge in [0.15, 0.2) is 0 Å². The first kappa shape index (κ1) is 19.4. The van der Waals surface area contributed by atoms with E-state index in [9.17, 15) is 4.79 Å². The van der Waals surface area contributed by atoms with Gasteiger partial charge in [0.2, 0.25) is 0 Å². The van der Waals surface area contributed by atoms with Crippen molar-refractivity contribution in [2.45, 2.75) is 44.8 Å². The number of carbonyl (C=O) groups excluding carboxylic acids is 1. The molecule has 6 heteroatoms. The van der Waals surface area contributed by atoms with E-state index in [2.05, 4.69) is 22.9 Å². The smallest absolute Gasteiger partial charge is 0.256 e. The van der Waals surface area contributed by atoms with Crippen molar-refractivity contribution in [1.29, 1.82) is 0 Å².